The van der Waals surface area contributed by atoms with Crippen LogP contribution in [0.25, 0.3) is 0 Å². The molecule has 1 heterocycles. The van der Waals surface area contributed by atoms with Gasteiger partial charge in [-0.25, -0.2) is 21.2 Å². The van der Waals surface area contributed by atoms with Gasteiger partial charge in [-0.3, -0.25) is 0 Å². The number of sulfone groups is 1. The Morgan fingerprint density at radius 3 is 2.50 bits per heavy atom. The second-order valence-corrected chi connectivity index (χ2v) is 10.7. The highest BCUT2D eigenvalue weighted by Crippen LogP contribution is 2.32. The molecule has 2 aromatic carbocycles. The van der Waals surface area contributed by atoms with Crippen LogP contribution in [0.2, 0.25) is 5.02 Å². The molecule has 9 heteroatoms. The summed E-state index contributed by atoms with van der Waals surface area (Å²) in [5.41, 5.74) is 0.0782. The Kier molecular flexibility index (Phi) is 5.39. The molecule has 26 heavy (non-hydrogen) atoms. The Balaban J connectivity index is 1.93. The Hall–Kier alpha value is -1.48. The first-order valence-electron chi connectivity index (χ1n) is 7.93. The molecule has 0 amide bonds. The summed E-state index contributed by atoms with van der Waals surface area (Å²) in [6.07, 6.45) is -0.0109. The third-order valence-electron chi connectivity index (χ3n) is 4.39. The summed E-state index contributed by atoms with van der Waals surface area (Å²) in [6, 6.07) is 11.5. The van der Waals surface area contributed by atoms with Gasteiger partial charge in [-0.05, 0) is 30.7 Å². The number of hydrogen-bond donors (Lipinski definition) is 0. The highest BCUT2D eigenvalue weighted by molar-refractivity contribution is 7.92. The van der Waals surface area contributed by atoms with Gasteiger partial charge in [0.2, 0.25) is 10.0 Å². The molecular formula is C17H17ClFNO4S2. The molecule has 1 saturated heterocycles. The lowest BCUT2D eigenvalue weighted by atomic mass is 10.1. The second-order valence-electron chi connectivity index (χ2n) is 6.03. The van der Waals surface area contributed by atoms with Crippen LogP contribution in [0.15, 0.2) is 53.4 Å². The fourth-order valence-corrected chi connectivity index (χ4v) is 6.70. The zero-order chi connectivity index (χ0) is 18.9. The molecule has 1 aliphatic rings. The summed E-state index contributed by atoms with van der Waals surface area (Å²) in [5, 5.41) is -0.791. The van der Waals surface area contributed by atoms with E-state index in [9.17, 15) is 21.2 Å². The highest BCUT2D eigenvalue weighted by Gasteiger charge is 2.36. The molecular weight excluding hydrogens is 401 g/mol. The van der Waals surface area contributed by atoms with Crippen LogP contribution < -0.4 is 0 Å². The van der Waals surface area contributed by atoms with Crippen molar-refractivity contribution in [3.05, 3.63) is 64.9 Å². The molecule has 1 fully saturated rings. The van der Waals surface area contributed by atoms with Crippen molar-refractivity contribution in [1.29, 1.82) is 0 Å². The molecule has 5 nitrogen and oxygen atoms in total. The standard InChI is InChI=1S/C17H17ClFNO4S2/c18-13-4-3-5-14(12-13)26(23,24)20-9-8-17(25(21,22)11-10-20)15-6-1-2-7-16(15)19/h1-7,12,17H,8-11H2. The summed E-state index contributed by atoms with van der Waals surface area (Å²) < 4.78 is 66.0. The third kappa shape index (κ3) is 3.78. The molecule has 0 aromatic heterocycles. The lowest BCUT2D eigenvalue weighted by molar-refractivity contribution is 0.427. The van der Waals surface area contributed by atoms with E-state index in [1.54, 1.807) is 12.1 Å². The number of sulfonamides is 1. The number of nitrogens with zero attached hydrogens (tertiary/aromatic N) is 1. The molecule has 1 unspecified atom stereocenters. The molecule has 0 saturated carbocycles. The second kappa shape index (κ2) is 7.26. The number of rotatable bonds is 3. The largest absolute Gasteiger partial charge is 0.243 e. The van der Waals surface area contributed by atoms with Crippen molar-refractivity contribution in [3.63, 3.8) is 0 Å². The summed E-state index contributed by atoms with van der Waals surface area (Å²) in [4.78, 5) is 0.00624. The van der Waals surface area contributed by atoms with Crippen LogP contribution in [0.4, 0.5) is 4.39 Å². The topological polar surface area (TPSA) is 71.5 Å². The molecule has 0 aliphatic carbocycles. The Morgan fingerprint density at radius 1 is 1.08 bits per heavy atom. The maximum absolute atomic E-state index is 14.1. The maximum Gasteiger partial charge on any atom is 0.243 e. The van der Waals surface area contributed by atoms with Crippen LogP contribution in [-0.4, -0.2) is 40.0 Å². The van der Waals surface area contributed by atoms with Gasteiger partial charge in [0, 0.05) is 23.7 Å². The predicted octanol–water partition coefficient (Wildman–Crippen LogP) is 3.03. The van der Waals surface area contributed by atoms with Gasteiger partial charge < -0.3 is 0 Å². The van der Waals surface area contributed by atoms with Crippen molar-refractivity contribution in [2.75, 3.05) is 18.8 Å². The highest BCUT2D eigenvalue weighted by atomic mass is 35.5. The monoisotopic (exact) mass is 417 g/mol. The lowest BCUT2D eigenvalue weighted by Gasteiger charge is -2.20. The summed E-state index contributed by atoms with van der Waals surface area (Å²) in [6.45, 7) is -0.199. The molecule has 140 valence electrons. The first-order chi connectivity index (χ1) is 12.2. The van der Waals surface area contributed by atoms with Crippen molar-refractivity contribution in [2.45, 2.75) is 16.6 Å². The SMILES string of the molecule is O=S1(=O)CCN(S(=O)(=O)c2cccc(Cl)c2)CCC1c1ccccc1F. The molecule has 0 bridgehead atoms. The van der Waals surface area contributed by atoms with Crippen LogP contribution in [0.1, 0.15) is 17.2 Å². The minimum atomic E-state index is -3.88. The zero-order valence-electron chi connectivity index (χ0n) is 13.7. The number of halogens is 2. The van der Waals surface area contributed by atoms with Crippen LogP contribution in [-0.2, 0) is 19.9 Å². The summed E-state index contributed by atoms with van der Waals surface area (Å²) >= 11 is 5.87. The first-order valence-corrected chi connectivity index (χ1v) is 11.5. The Morgan fingerprint density at radius 2 is 1.81 bits per heavy atom. The number of benzene rings is 2. The van der Waals surface area contributed by atoms with Gasteiger partial charge >= 0.3 is 0 Å². The zero-order valence-corrected chi connectivity index (χ0v) is 16.1. The van der Waals surface area contributed by atoms with E-state index < -0.39 is 30.9 Å². The molecule has 0 radical (unpaired) electrons. The van der Waals surface area contributed by atoms with Crippen molar-refractivity contribution < 1.29 is 21.2 Å². The molecule has 0 spiro atoms. The maximum atomic E-state index is 14.1. The lowest BCUT2D eigenvalue weighted by Crippen LogP contribution is -2.33. The molecule has 1 aliphatic heterocycles. The minimum Gasteiger partial charge on any atom is -0.228 e. The van der Waals surface area contributed by atoms with Gasteiger partial charge in [-0.2, -0.15) is 4.31 Å². The summed E-state index contributed by atoms with van der Waals surface area (Å²) in [7, 11) is -7.57. The smallest absolute Gasteiger partial charge is 0.228 e. The van der Waals surface area contributed by atoms with Crippen molar-refractivity contribution in [1.82, 2.24) is 4.31 Å². The van der Waals surface area contributed by atoms with Crippen LogP contribution in [0.5, 0.6) is 0 Å². The van der Waals surface area contributed by atoms with Crippen molar-refractivity contribution in [3.8, 4) is 0 Å². The number of hydrogen-bond acceptors (Lipinski definition) is 4. The quantitative estimate of drug-likeness (QED) is 0.769. The molecule has 1 atom stereocenters. The van der Waals surface area contributed by atoms with Crippen LogP contribution in [0.3, 0.4) is 0 Å². The molecule has 0 N–H and O–H groups in total. The normalized spacial score (nSPS) is 21.2. The summed E-state index contributed by atoms with van der Waals surface area (Å²) in [5.74, 6) is -0.974. The molecule has 2 aromatic rings. The van der Waals surface area contributed by atoms with Crippen LogP contribution in [0, 0.1) is 5.82 Å². The van der Waals surface area contributed by atoms with E-state index in [-0.39, 0.29) is 40.7 Å². The van der Waals surface area contributed by atoms with E-state index in [2.05, 4.69) is 0 Å². The van der Waals surface area contributed by atoms with E-state index >= 15 is 0 Å². The first kappa shape index (κ1) is 19.3. The van der Waals surface area contributed by atoms with E-state index in [0.29, 0.717) is 0 Å². The van der Waals surface area contributed by atoms with E-state index in [1.807, 2.05) is 0 Å². The Labute approximate surface area is 157 Å². The van der Waals surface area contributed by atoms with Gasteiger partial charge in [0.1, 0.15) is 5.82 Å². The van der Waals surface area contributed by atoms with Gasteiger partial charge in [-0.1, -0.05) is 35.9 Å². The predicted molar refractivity (Wildman–Crippen MR) is 97.8 cm³/mol. The Bertz CT molecular complexity index is 1020. The average Bonchev–Trinajstić information content (AvgIpc) is 2.74. The van der Waals surface area contributed by atoms with E-state index in [4.69, 9.17) is 11.6 Å². The fraction of sp³-hybridized carbons (Fsp3) is 0.294. The van der Waals surface area contributed by atoms with Crippen molar-refractivity contribution in [2.24, 2.45) is 0 Å². The van der Waals surface area contributed by atoms with Gasteiger partial charge in [0.15, 0.2) is 9.84 Å². The van der Waals surface area contributed by atoms with E-state index in [0.717, 1.165) is 4.31 Å². The van der Waals surface area contributed by atoms with Gasteiger partial charge in [0.05, 0.1) is 15.9 Å². The van der Waals surface area contributed by atoms with Gasteiger partial charge in [-0.15, -0.1) is 0 Å². The van der Waals surface area contributed by atoms with Crippen molar-refractivity contribution >= 4 is 31.5 Å². The van der Waals surface area contributed by atoms with E-state index in [1.165, 1.54) is 36.4 Å². The fourth-order valence-electron chi connectivity index (χ4n) is 3.03. The van der Waals surface area contributed by atoms with Gasteiger partial charge in [0.25, 0.3) is 0 Å². The van der Waals surface area contributed by atoms with Crippen LogP contribution >= 0.6 is 11.6 Å². The average molecular weight is 418 g/mol. The third-order valence-corrected chi connectivity index (χ3v) is 8.62. The molecule has 3 rings (SSSR count). The minimum absolute atomic E-state index is 0.00624.